The first-order chi connectivity index (χ1) is 20.8. The Bertz CT molecular complexity index is 1320. The zero-order chi connectivity index (χ0) is 32.0. The molecule has 0 saturated carbocycles. The van der Waals surface area contributed by atoms with Gasteiger partial charge in [-0.05, 0) is 41.7 Å². The Morgan fingerprint density at radius 3 is 1.89 bits per heavy atom. The number of alkyl carbamates (subject to hydrolysis) is 1. The van der Waals surface area contributed by atoms with Gasteiger partial charge in [0.15, 0.2) is 0 Å². The minimum Gasteiger partial charge on any atom is -0.444 e. The molecule has 8 nitrogen and oxygen atoms in total. The lowest BCUT2D eigenvalue weighted by Crippen LogP contribution is -2.68. The second-order valence-electron chi connectivity index (χ2n) is 13.2. The number of hydrogen-bond acceptors (Lipinski definition) is 7. The molecular weight excluding hydrogens is 572 g/mol. The molecular formula is C35H46N2O6Si. The Labute approximate surface area is 262 Å². The lowest BCUT2D eigenvalue weighted by atomic mass is 10.1. The number of nitrogens with one attached hydrogen (secondary N) is 1. The highest BCUT2D eigenvalue weighted by Gasteiger charge is 2.51. The predicted molar refractivity (Wildman–Crippen MR) is 174 cm³/mol. The molecule has 1 saturated heterocycles. The van der Waals surface area contributed by atoms with Crippen molar-refractivity contribution in [3.05, 3.63) is 96.6 Å². The third kappa shape index (κ3) is 8.35. The second-order valence-corrected chi connectivity index (χ2v) is 17.5. The summed E-state index contributed by atoms with van der Waals surface area (Å²) in [6.07, 6.45) is -1.00. The lowest BCUT2D eigenvalue weighted by Gasteiger charge is -2.44. The standard InChI is InChI=1S/C35H46N2O6Si/c1-26(38)41-32-23-31(37(43-32)24-27-17-11-8-12-18-27)30(36-33(39)42-34(2,3)4)25-40-44(35(5,6)7,28-19-13-9-14-20-28)29-21-15-10-16-22-29/h8-22,30-32H,23-25H2,1-7H3,(H,36,39)/t30-,31+,32+/m0/s1. The number of nitrogens with zero attached hydrogens (tertiary/aromatic N) is 1. The van der Waals surface area contributed by atoms with Crippen molar-refractivity contribution >= 4 is 30.8 Å². The topological polar surface area (TPSA) is 86.3 Å². The Balaban J connectivity index is 1.75. The van der Waals surface area contributed by atoms with Crippen molar-refractivity contribution in [2.75, 3.05) is 6.61 Å². The van der Waals surface area contributed by atoms with Gasteiger partial charge in [-0.2, -0.15) is 5.06 Å². The summed E-state index contributed by atoms with van der Waals surface area (Å²) in [6, 6.07) is 29.7. The first kappa shape index (κ1) is 33.4. The molecule has 1 amide bonds. The number of rotatable bonds is 10. The van der Waals surface area contributed by atoms with Crippen LogP contribution in [0.15, 0.2) is 91.0 Å². The van der Waals surface area contributed by atoms with E-state index < -0.39 is 38.3 Å². The van der Waals surface area contributed by atoms with Crippen molar-refractivity contribution in [1.82, 2.24) is 10.4 Å². The van der Waals surface area contributed by atoms with E-state index in [0.29, 0.717) is 13.0 Å². The Morgan fingerprint density at radius 2 is 1.41 bits per heavy atom. The van der Waals surface area contributed by atoms with Crippen molar-refractivity contribution in [2.45, 2.75) is 90.4 Å². The fourth-order valence-corrected chi connectivity index (χ4v) is 10.4. The van der Waals surface area contributed by atoms with Gasteiger partial charge in [-0.1, -0.05) is 112 Å². The largest absolute Gasteiger partial charge is 0.444 e. The minimum absolute atomic E-state index is 0.179. The van der Waals surface area contributed by atoms with Gasteiger partial charge >= 0.3 is 12.1 Å². The van der Waals surface area contributed by atoms with Crippen molar-refractivity contribution in [2.24, 2.45) is 0 Å². The molecule has 1 aliphatic heterocycles. The van der Waals surface area contributed by atoms with Gasteiger partial charge in [0.2, 0.25) is 6.29 Å². The van der Waals surface area contributed by atoms with E-state index in [4.69, 9.17) is 18.7 Å². The minimum atomic E-state index is -2.94. The number of hydroxylamine groups is 2. The molecule has 0 unspecified atom stereocenters. The van der Waals surface area contributed by atoms with Crippen LogP contribution in [0, 0.1) is 0 Å². The molecule has 1 heterocycles. The number of ether oxygens (including phenoxy) is 2. The summed E-state index contributed by atoms with van der Waals surface area (Å²) in [7, 11) is -2.94. The van der Waals surface area contributed by atoms with Crippen molar-refractivity contribution in [3.8, 4) is 0 Å². The number of esters is 1. The molecule has 3 aromatic rings. The first-order valence-electron chi connectivity index (χ1n) is 15.2. The predicted octanol–water partition coefficient (Wildman–Crippen LogP) is 5.55. The monoisotopic (exact) mass is 618 g/mol. The molecule has 44 heavy (non-hydrogen) atoms. The van der Waals surface area contributed by atoms with E-state index in [2.05, 4.69) is 50.4 Å². The SMILES string of the molecule is CC(=O)O[C@H]1C[C@H]([C@H](CO[Si](c2ccccc2)(c2ccccc2)C(C)(C)C)NC(=O)OC(C)(C)C)N(Cc2ccccc2)O1. The normalized spacial score (nSPS) is 18.4. The number of amides is 1. The maximum atomic E-state index is 13.3. The fourth-order valence-electron chi connectivity index (χ4n) is 5.81. The summed E-state index contributed by atoms with van der Waals surface area (Å²) in [5, 5.41) is 6.91. The zero-order valence-corrected chi connectivity index (χ0v) is 27.9. The summed E-state index contributed by atoms with van der Waals surface area (Å²) in [5.74, 6) is -0.435. The first-order valence-corrected chi connectivity index (χ1v) is 17.1. The van der Waals surface area contributed by atoms with Crippen LogP contribution in [0.1, 0.15) is 60.5 Å². The molecule has 0 spiro atoms. The van der Waals surface area contributed by atoms with Crippen LogP contribution in [-0.4, -0.2) is 56.0 Å². The highest BCUT2D eigenvalue weighted by atomic mass is 28.4. The molecule has 4 rings (SSSR count). The molecule has 0 aliphatic carbocycles. The summed E-state index contributed by atoms with van der Waals surface area (Å²) < 4.78 is 18.5. The third-order valence-electron chi connectivity index (χ3n) is 7.60. The van der Waals surface area contributed by atoms with Gasteiger partial charge in [0, 0.05) is 19.9 Å². The van der Waals surface area contributed by atoms with E-state index >= 15 is 0 Å². The second kappa shape index (κ2) is 14.1. The van der Waals surface area contributed by atoms with Gasteiger partial charge in [0.25, 0.3) is 8.32 Å². The molecule has 3 aromatic carbocycles. The van der Waals surface area contributed by atoms with Crippen molar-refractivity contribution in [3.63, 3.8) is 0 Å². The van der Waals surface area contributed by atoms with E-state index in [1.165, 1.54) is 6.92 Å². The Kier molecular flexibility index (Phi) is 10.7. The summed E-state index contributed by atoms with van der Waals surface area (Å²) in [6.45, 7) is 14.1. The van der Waals surface area contributed by atoms with Crippen LogP contribution in [0.4, 0.5) is 4.79 Å². The number of carbonyl (C=O) groups excluding carboxylic acids is 2. The highest BCUT2D eigenvalue weighted by Crippen LogP contribution is 2.37. The Morgan fingerprint density at radius 1 is 0.886 bits per heavy atom. The maximum absolute atomic E-state index is 13.3. The quantitative estimate of drug-likeness (QED) is 0.236. The molecule has 0 aromatic heterocycles. The van der Waals surface area contributed by atoms with Gasteiger partial charge in [-0.25, -0.2) is 4.79 Å². The Hall–Kier alpha value is -3.50. The highest BCUT2D eigenvalue weighted by molar-refractivity contribution is 6.99. The maximum Gasteiger partial charge on any atom is 0.408 e. The average molecular weight is 619 g/mol. The van der Waals surface area contributed by atoms with Gasteiger partial charge in [-0.15, -0.1) is 0 Å². The van der Waals surface area contributed by atoms with E-state index in [-0.39, 0.29) is 17.7 Å². The molecule has 236 valence electrons. The molecule has 0 radical (unpaired) electrons. The van der Waals surface area contributed by atoms with Crippen molar-refractivity contribution in [1.29, 1.82) is 0 Å². The molecule has 9 heteroatoms. The van der Waals surface area contributed by atoms with Gasteiger partial charge in [0.05, 0.1) is 18.7 Å². The third-order valence-corrected chi connectivity index (χ3v) is 12.6. The molecule has 1 N–H and O–H groups in total. The van der Waals surface area contributed by atoms with Crippen LogP contribution in [0.3, 0.4) is 0 Å². The lowest BCUT2D eigenvalue weighted by molar-refractivity contribution is -0.240. The van der Waals surface area contributed by atoms with Gasteiger partial charge in [-0.3, -0.25) is 9.63 Å². The van der Waals surface area contributed by atoms with Crippen LogP contribution in [-0.2, 0) is 30.1 Å². The molecule has 1 aliphatic rings. The zero-order valence-electron chi connectivity index (χ0n) is 26.9. The van der Waals surface area contributed by atoms with E-state index in [1.807, 2.05) is 87.5 Å². The molecule has 3 atom stereocenters. The van der Waals surface area contributed by atoms with Crippen LogP contribution >= 0.6 is 0 Å². The van der Waals surface area contributed by atoms with E-state index in [9.17, 15) is 9.59 Å². The van der Waals surface area contributed by atoms with Crippen LogP contribution in [0.5, 0.6) is 0 Å². The number of carbonyl (C=O) groups is 2. The smallest absolute Gasteiger partial charge is 0.408 e. The van der Waals surface area contributed by atoms with Crippen LogP contribution in [0.2, 0.25) is 5.04 Å². The fraction of sp³-hybridized carbons (Fsp3) is 0.429. The van der Waals surface area contributed by atoms with Gasteiger partial charge < -0.3 is 19.2 Å². The van der Waals surface area contributed by atoms with Crippen LogP contribution < -0.4 is 15.7 Å². The van der Waals surface area contributed by atoms with E-state index in [0.717, 1.165) is 15.9 Å². The number of benzene rings is 3. The summed E-state index contributed by atoms with van der Waals surface area (Å²) in [4.78, 5) is 31.4. The summed E-state index contributed by atoms with van der Waals surface area (Å²) >= 11 is 0. The molecule has 0 bridgehead atoms. The van der Waals surface area contributed by atoms with Gasteiger partial charge in [0.1, 0.15) is 5.60 Å². The average Bonchev–Trinajstić information content (AvgIpc) is 3.33. The molecule has 1 fully saturated rings. The van der Waals surface area contributed by atoms with E-state index in [1.54, 1.807) is 5.06 Å². The summed E-state index contributed by atoms with van der Waals surface area (Å²) in [5.41, 5.74) is 0.328. The van der Waals surface area contributed by atoms with Crippen molar-refractivity contribution < 1.29 is 28.3 Å². The van der Waals surface area contributed by atoms with Crippen LogP contribution in [0.25, 0.3) is 0 Å². The number of hydrogen-bond donors (Lipinski definition) is 1.